The Morgan fingerprint density at radius 3 is 2.70 bits per heavy atom. The number of thioether (sulfide) groups is 1. The van der Waals surface area contributed by atoms with E-state index in [-0.39, 0.29) is 5.91 Å². The molecule has 0 atom stereocenters. The Morgan fingerprint density at radius 1 is 1.17 bits per heavy atom. The summed E-state index contributed by atoms with van der Waals surface area (Å²) < 4.78 is 1.68. The molecule has 1 aromatic carbocycles. The summed E-state index contributed by atoms with van der Waals surface area (Å²) in [7, 11) is 0. The van der Waals surface area contributed by atoms with E-state index in [0.29, 0.717) is 23.1 Å². The molecule has 118 valence electrons. The predicted octanol–water partition coefficient (Wildman–Crippen LogP) is 2.33. The molecule has 1 amide bonds. The highest BCUT2D eigenvalue weighted by molar-refractivity contribution is 7.99. The molecule has 3 aromatic rings. The molecule has 7 heteroatoms. The van der Waals surface area contributed by atoms with Gasteiger partial charge in [-0.2, -0.15) is 9.61 Å². The average molecular weight is 327 g/mol. The molecule has 0 aliphatic rings. The summed E-state index contributed by atoms with van der Waals surface area (Å²) in [5, 5.41) is 16.2. The largest absolute Gasteiger partial charge is 0.356 e. The second-order valence-electron chi connectivity index (χ2n) is 5.08. The van der Waals surface area contributed by atoms with Gasteiger partial charge in [-0.1, -0.05) is 41.6 Å². The van der Waals surface area contributed by atoms with Crippen LogP contribution in [-0.2, 0) is 4.79 Å². The molecule has 0 radical (unpaired) electrons. The van der Waals surface area contributed by atoms with Gasteiger partial charge >= 0.3 is 0 Å². The molecule has 0 saturated carbocycles. The number of nitrogens with one attached hydrogen (secondary N) is 1. The highest BCUT2D eigenvalue weighted by atomic mass is 32.2. The maximum absolute atomic E-state index is 11.6. The third kappa shape index (κ3) is 3.50. The Morgan fingerprint density at radius 2 is 1.96 bits per heavy atom. The van der Waals surface area contributed by atoms with Crippen LogP contribution in [0.4, 0.5) is 0 Å². The minimum atomic E-state index is -0.0241. The Balaban J connectivity index is 1.87. The van der Waals surface area contributed by atoms with Crippen molar-refractivity contribution in [1.29, 1.82) is 0 Å². The second-order valence-corrected chi connectivity index (χ2v) is 6.02. The molecule has 1 N–H and O–H groups in total. The van der Waals surface area contributed by atoms with E-state index in [1.54, 1.807) is 4.52 Å². The van der Waals surface area contributed by atoms with Crippen LogP contribution in [0.25, 0.3) is 16.9 Å². The maximum Gasteiger partial charge on any atom is 0.230 e. The Hall–Kier alpha value is -2.41. The number of hydrogen-bond acceptors (Lipinski definition) is 5. The maximum atomic E-state index is 11.6. The van der Waals surface area contributed by atoms with E-state index < -0.39 is 0 Å². The molecule has 0 fully saturated rings. The zero-order valence-corrected chi connectivity index (χ0v) is 13.8. The summed E-state index contributed by atoms with van der Waals surface area (Å²) >= 11 is 1.33. The van der Waals surface area contributed by atoms with E-state index in [2.05, 4.69) is 39.7 Å². The third-order valence-corrected chi connectivity index (χ3v) is 4.21. The van der Waals surface area contributed by atoms with Gasteiger partial charge in [-0.15, -0.1) is 10.2 Å². The summed E-state index contributed by atoms with van der Waals surface area (Å²) in [4.78, 5) is 11.6. The number of aryl methyl sites for hydroxylation is 1. The smallest absolute Gasteiger partial charge is 0.230 e. The van der Waals surface area contributed by atoms with Gasteiger partial charge in [0.15, 0.2) is 5.65 Å². The molecule has 2 aromatic heterocycles. The van der Waals surface area contributed by atoms with E-state index in [4.69, 9.17) is 0 Å². The molecule has 0 spiro atoms. The predicted molar refractivity (Wildman–Crippen MR) is 90.4 cm³/mol. The van der Waals surface area contributed by atoms with Gasteiger partial charge in [0, 0.05) is 12.1 Å². The first-order chi connectivity index (χ1) is 11.2. The van der Waals surface area contributed by atoms with E-state index >= 15 is 0 Å². The van der Waals surface area contributed by atoms with E-state index in [1.807, 2.05) is 31.2 Å². The summed E-state index contributed by atoms with van der Waals surface area (Å²) in [6, 6.07) is 12.0. The van der Waals surface area contributed by atoms with Crippen LogP contribution in [0, 0.1) is 6.92 Å². The van der Waals surface area contributed by atoms with Crippen LogP contribution in [0.5, 0.6) is 0 Å². The minimum absolute atomic E-state index is 0.0241. The van der Waals surface area contributed by atoms with Crippen molar-refractivity contribution in [1.82, 2.24) is 25.1 Å². The van der Waals surface area contributed by atoms with Crippen molar-refractivity contribution in [2.24, 2.45) is 0 Å². The number of amides is 1. The van der Waals surface area contributed by atoms with Gasteiger partial charge in [-0.25, -0.2) is 0 Å². The Bertz CT molecular complexity index is 828. The van der Waals surface area contributed by atoms with Crippen molar-refractivity contribution in [3.8, 4) is 11.3 Å². The molecular weight excluding hydrogens is 310 g/mol. The molecule has 6 nitrogen and oxygen atoms in total. The topological polar surface area (TPSA) is 72.2 Å². The van der Waals surface area contributed by atoms with Crippen molar-refractivity contribution in [3.63, 3.8) is 0 Å². The van der Waals surface area contributed by atoms with Crippen molar-refractivity contribution in [3.05, 3.63) is 42.0 Å². The fourth-order valence-corrected chi connectivity index (χ4v) is 2.83. The van der Waals surface area contributed by atoms with Crippen molar-refractivity contribution in [2.75, 3.05) is 12.3 Å². The van der Waals surface area contributed by atoms with Crippen LogP contribution < -0.4 is 5.32 Å². The highest BCUT2D eigenvalue weighted by Crippen LogP contribution is 2.20. The molecular formula is C16H17N5OS. The molecule has 0 bridgehead atoms. The molecule has 2 heterocycles. The normalized spacial score (nSPS) is 10.9. The third-order valence-electron chi connectivity index (χ3n) is 3.29. The van der Waals surface area contributed by atoms with Crippen LogP contribution in [0.2, 0.25) is 0 Å². The van der Waals surface area contributed by atoms with Crippen LogP contribution >= 0.6 is 11.8 Å². The molecule has 23 heavy (non-hydrogen) atoms. The fourth-order valence-electron chi connectivity index (χ4n) is 2.12. The van der Waals surface area contributed by atoms with Crippen molar-refractivity contribution in [2.45, 2.75) is 19.0 Å². The fraction of sp³-hybridized carbons (Fsp3) is 0.250. The van der Waals surface area contributed by atoms with E-state index in [0.717, 1.165) is 11.3 Å². The van der Waals surface area contributed by atoms with Gasteiger partial charge in [0.1, 0.15) is 0 Å². The van der Waals surface area contributed by atoms with Gasteiger partial charge in [-0.05, 0) is 26.0 Å². The SMILES string of the molecule is CCNC(=O)CSc1nnc2ccc(-c3ccc(C)cc3)nn12. The van der Waals surface area contributed by atoms with E-state index in [1.165, 1.54) is 17.3 Å². The monoisotopic (exact) mass is 327 g/mol. The number of rotatable bonds is 5. The molecule has 3 rings (SSSR count). The lowest BCUT2D eigenvalue weighted by molar-refractivity contribution is -0.118. The first-order valence-corrected chi connectivity index (χ1v) is 8.35. The van der Waals surface area contributed by atoms with Gasteiger partial charge in [0.05, 0.1) is 11.4 Å². The number of aromatic nitrogens is 4. The van der Waals surface area contributed by atoms with E-state index in [9.17, 15) is 4.79 Å². The minimum Gasteiger partial charge on any atom is -0.356 e. The standard InChI is InChI=1S/C16H17N5OS/c1-3-17-15(22)10-23-16-19-18-14-9-8-13(20-21(14)16)12-6-4-11(2)5-7-12/h4-9H,3,10H2,1-2H3,(H,17,22). The summed E-state index contributed by atoms with van der Waals surface area (Å²) in [5.74, 6) is 0.273. The molecule has 0 aliphatic heterocycles. The Kier molecular flexibility index (Phi) is 4.57. The van der Waals surface area contributed by atoms with Gasteiger partial charge in [0.2, 0.25) is 11.1 Å². The number of hydrogen-bond donors (Lipinski definition) is 1. The average Bonchev–Trinajstić information content (AvgIpc) is 2.96. The number of carbonyl (C=O) groups excluding carboxylic acids is 1. The van der Waals surface area contributed by atoms with Crippen LogP contribution in [-0.4, -0.2) is 38.0 Å². The summed E-state index contributed by atoms with van der Waals surface area (Å²) in [6.45, 7) is 4.57. The quantitative estimate of drug-likeness (QED) is 0.728. The lowest BCUT2D eigenvalue weighted by atomic mass is 10.1. The molecule has 0 saturated heterocycles. The van der Waals surface area contributed by atoms with Gasteiger partial charge in [-0.3, -0.25) is 4.79 Å². The van der Waals surface area contributed by atoms with Crippen molar-refractivity contribution < 1.29 is 4.79 Å². The number of benzene rings is 1. The zero-order valence-electron chi connectivity index (χ0n) is 13.0. The highest BCUT2D eigenvalue weighted by Gasteiger charge is 2.11. The first kappa shape index (κ1) is 15.5. The Labute approximate surface area is 138 Å². The second kappa shape index (κ2) is 6.78. The summed E-state index contributed by atoms with van der Waals surface area (Å²) in [6.07, 6.45) is 0. The van der Waals surface area contributed by atoms with Gasteiger partial charge in [0.25, 0.3) is 0 Å². The molecule has 0 aliphatic carbocycles. The zero-order chi connectivity index (χ0) is 16.2. The van der Waals surface area contributed by atoms with Crippen molar-refractivity contribution >= 4 is 23.3 Å². The number of carbonyl (C=O) groups is 1. The first-order valence-electron chi connectivity index (χ1n) is 7.36. The van der Waals surface area contributed by atoms with Gasteiger partial charge < -0.3 is 5.32 Å². The van der Waals surface area contributed by atoms with Crippen LogP contribution in [0.3, 0.4) is 0 Å². The number of fused-ring (bicyclic) bond motifs is 1. The number of nitrogens with zero attached hydrogens (tertiary/aromatic N) is 4. The summed E-state index contributed by atoms with van der Waals surface area (Å²) in [5.41, 5.74) is 3.75. The molecule has 0 unspecified atom stereocenters. The lowest BCUT2D eigenvalue weighted by Gasteiger charge is -2.04. The van der Waals surface area contributed by atoms with Crippen LogP contribution in [0.1, 0.15) is 12.5 Å². The lowest BCUT2D eigenvalue weighted by Crippen LogP contribution is -2.24. The van der Waals surface area contributed by atoms with Crippen LogP contribution in [0.15, 0.2) is 41.6 Å².